The number of methoxy groups -OCH3 is 1. The van der Waals surface area contributed by atoms with E-state index in [0.29, 0.717) is 0 Å². The number of ether oxygens (including phenoxy) is 1. The highest BCUT2D eigenvalue weighted by molar-refractivity contribution is 7.81. The Morgan fingerprint density at radius 2 is 1.86 bits per heavy atom. The van der Waals surface area contributed by atoms with Crippen LogP contribution in [0.3, 0.4) is 0 Å². The van der Waals surface area contributed by atoms with Crippen molar-refractivity contribution in [1.29, 1.82) is 0 Å². The number of carbonyl (C=O) groups excluding carboxylic acids is 2. The van der Waals surface area contributed by atoms with Gasteiger partial charge in [0.2, 0.25) is 5.91 Å². The number of esters is 1. The molecule has 0 radical (unpaired) electrons. The van der Waals surface area contributed by atoms with Gasteiger partial charge in [-0.2, -0.15) is 0 Å². The predicted molar refractivity (Wildman–Crippen MR) is 55.3 cm³/mol. The van der Waals surface area contributed by atoms with Crippen LogP contribution in [0.15, 0.2) is 11.3 Å². The predicted octanol–water partition coefficient (Wildman–Crippen LogP) is -0.144. The van der Waals surface area contributed by atoms with Crippen LogP contribution in [0.4, 0.5) is 0 Å². The lowest BCUT2D eigenvalue weighted by Crippen LogP contribution is -2.32. The molecule has 0 heterocycles. The van der Waals surface area contributed by atoms with Crippen molar-refractivity contribution in [2.45, 2.75) is 13.8 Å². The summed E-state index contributed by atoms with van der Waals surface area (Å²) in [6.07, 6.45) is 0. The molecule has 0 unspecified atom stereocenters. The van der Waals surface area contributed by atoms with E-state index < -0.39 is 5.97 Å². The first-order valence-electron chi connectivity index (χ1n) is 3.76. The topological polar surface area (TPSA) is 81.4 Å². The number of allylic oxidation sites excluding steroid dienone is 1. The largest absolute Gasteiger partial charge is 0.465 e. The monoisotopic (exact) mass is 216 g/mol. The highest BCUT2D eigenvalue weighted by Crippen LogP contribution is 2.03. The van der Waals surface area contributed by atoms with Crippen LogP contribution in [0.5, 0.6) is 0 Å². The second kappa shape index (κ2) is 5.33. The van der Waals surface area contributed by atoms with Gasteiger partial charge < -0.3 is 15.8 Å². The maximum absolute atomic E-state index is 11.2. The maximum Gasteiger partial charge on any atom is 0.342 e. The van der Waals surface area contributed by atoms with E-state index in [1.54, 1.807) is 0 Å². The Labute approximate surface area is 87.3 Å². The molecular weight excluding hydrogens is 204 g/mol. The lowest BCUT2D eigenvalue weighted by Gasteiger charge is -2.08. The van der Waals surface area contributed by atoms with Crippen LogP contribution in [-0.4, -0.2) is 24.0 Å². The van der Waals surface area contributed by atoms with Crippen LogP contribution < -0.4 is 11.1 Å². The minimum absolute atomic E-state index is 0.0118. The first kappa shape index (κ1) is 12.6. The minimum atomic E-state index is -0.663. The van der Waals surface area contributed by atoms with Crippen molar-refractivity contribution < 1.29 is 14.3 Å². The fourth-order valence-electron chi connectivity index (χ4n) is 0.757. The minimum Gasteiger partial charge on any atom is -0.465 e. The van der Waals surface area contributed by atoms with E-state index in [9.17, 15) is 9.59 Å². The Morgan fingerprint density at radius 3 is 2.14 bits per heavy atom. The first-order valence-corrected chi connectivity index (χ1v) is 4.17. The SMILES string of the molecule is COC(=O)/C(C(=S)NC(C)=O)=C(/C)N. The smallest absolute Gasteiger partial charge is 0.342 e. The van der Waals surface area contributed by atoms with Gasteiger partial charge in [0.15, 0.2) is 0 Å². The van der Waals surface area contributed by atoms with E-state index >= 15 is 0 Å². The average Bonchev–Trinajstić information content (AvgIpc) is 2.01. The van der Waals surface area contributed by atoms with E-state index in [1.165, 1.54) is 21.0 Å². The number of nitrogens with one attached hydrogen (secondary N) is 1. The molecule has 0 saturated carbocycles. The molecular formula is C8H12N2O3S. The van der Waals surface area contributed by atoms with Crippen LogP contribution in [-0.2, 0) is 14.3 Å². The zero-order valence-electron chi connectivity index (χ0n) is 8.21. The summed E-state index contributed by atoms with van der Waals surface area (Å²) in [5.41, 5.74) is 5.65. The van der Waals surface area contributed by atoms with Gasteiger partial charge >= 0.3 is 5.97 Å². The summed E-state index contributed by atoms with van der Waals surface area (Å²) in [4.78, 5) is 21.8. The Balaban J connectivity index is 4.88. The van der Waals surface area contributed by atoms with Crippen LogP contribution in [0.25, 0.3) is 0 Å². The summed E-state index contributed by atoms with van der Waals surface area (Å²) in [5.74, 6) is -1.03. The second-order valence-electron chi connectivity index (χ2n) is 2.56. The summed E-state index contributed by atoms with van der Waals surface area (Å²) in [5, 5.41) is 2.29. The van der Waals surface area contributed by atoms with Gasteiger partial charge in [0, 0.05) is 12.6 Å². The summed E-state index contributed by atoms with van der Waals surface area (Å²) >= 11 is 4.80. The lowest BCUT2D eigenvalue weighted by molar-refractivity contribution is -0.135. The first-order chi connectivity index (χ1) is 6.40. The molecule has 0 aromatic carbocycles. The number of thiocarbonyl (C=S) groups is 1. The molecule has 0 spiro atoms. The van der Waals surface area contributed by atoms with Crippen LogP contribution in [0.2, 0.25) is 0 Å². The number of nitrogens with two attached hydrogens (primary N) is 1. The normalized spacial score (nSPS) is 11.4. The maximum atomic E-state index is 11.2. The zero-order chi connectivity index (χ0) is 11.3. The lowest BCUT2D eigenvalue weighted by atomic mass is 10.2. The van der Waals surface area contributed by atoms with Crippen molar-refractivity contribution >= 4 is 29.1 Å². The van der Waals surface area contributed by atoms with Gasteiger partial charge in [0.25, 0.3) is 0 Å². The van der Waals surface area contributed by atoms with Crippen LogP contribution in [0.1, 0.15) is 13.8 Å². The highest BCUT2D eigenvalue weighted by atomic mass is 32.1. The molecule has 1 amide bonds. The number of hydrogen-bond acceptors (Lipinski definition) is 5. The number of rotatable bonds is 2. The molecule has 0 aromatic rings. The van der Waals surface area contributed by atoms with Gasteiger partial charge in [-0.1, -0.05) is 12.2 Å². The van der Waals surface area contributed by atoms with Gasteiger partial charge in [-0.3, -0.25) is 4.79 Å². The molecule has 0 aliphatic rings. The van der Waals surface area contributed by atoms with E-state index in [2.05, 4.69) is 10.1 Å². The highest BCUT2D eigenvalue weighted by Gasteiger charge is 2.18. The van der Waals surface area contributed by atoms with Crippen molar-refractivity contribution in [3.8, 4) is 0 Å². The molecule has 5 nitrogen and oxygen atoms in total. The summed E-state index contributed by atoms with van der Waals surface area (Å²) in [6.45, 7) is 2.79. The molecule has 0 atom stereocenters. The Morgan fingerprint density at radius 1 is 1.36 bits per heavy atom. The van der Waals surface area contributed by atoms with Crippen molar-refractivity contribution in [2.75, 3.05) is 7.11 Å². The Kier molecular flexibility index (Phi) is 4.79. The summed E-state index contributed by atoms with van der Waals surface area (Å²) in [7, 11) is 1.21. The fraction of sp³-hybridized carbons (Fsp3) is 0.375. The molecule has 0 fully saturated rings. The van der Waals surface area contributed by atoms with Gasteiger partial charge in [0.1, 0.15) is 10.6 Å². The number of carbonyl (C=O) groups is 2. The molecule has 0 bridgehead atoms. The third-order valence-electron chi connectivity index (χ3n) is 1.30. The fourth-order valence-corrected chi connectivity index (χ4v) is 1.15. The number of hydrogen-bond donors (Lipinski definition) is 2. The quantitative estimate of drug-likeness (QED) is 0.381. The molecule has 0 aliphatic heterocycles. The van der Waals surface area contributed by atoms with Crippen molar-refractivity contribution in [3.05, 3.63) is 11.3 Å². The molecule has 14 heavy (non-hydrogen) atoms. The van der Waals surface area contributed by atoms with Crippen molar-refractivity contribution in [2.24, 2.45) is 5.73 Å². The van der Waals surface area contributed by atoms with E-state index in [1.807, 2.05) is 0 Å². The Bertz CT molecular complexity index is 306. The molecule has 0 saturated heterocycles. The van der Waals surface area contributed by atoms with Crippen LogP contribution in [0, 0.1) is 0 Å². The van der Waals surface area contributed by atoms with Gasteiger partial charge in [0.05, 0.1) is 7.11 Å². The molecule has 3 N–H and O–H groups in total. The third-order valence-corrected chi connectivity index (χ3v) is 1.61. The summed E-state index contributed by atoms with van der Waals surface area (Å²) < 4.78 is 4.46. The van der Waals surface area contributed by atoms with Gasteiger partial charge in [-0.05, 0) is 6.92 Å². The molecule has 0 aromatic heterocycles. The number of amides is 1. The Hall–Kier alpha value is -1.43. The zero-order valence-corrected chi connectivity index (χ0v) is 9.03. The molecule has 0 aliphatic carbocycles. The third kappa shape index (κ3) is 3.53. The second-order valence-corrected chi connectivity index (χ2v) is 2.97. The van der Waals surface area contributed by atoms with E-state index in [0.717, 1.165) is 0 Å². The van der Waals surface area contributed by atoms with Crippen molar-refractivity contribution in [3.63, 3.8) is 0 Å². The molecule has 78 valence electrons. The van der Waals surface area contributed by atoms with E-state index in [-0.39, 0.29) is 22.2 Å². The van der Waals surface area contributed by atoms with E-state index in [4.69, 9.17) is 18.0 Å². The summed E-state index contributed by atoms with van der Waals surface area (Å²) in [6, 6.07) is 0. The average molecular weight is 216 g/mol. The van der Waals surface area contributed by atoms with Crippen LogP contribution >= 0.6 is 12.2 Å². The molecule has 0 rings (SSSR count). The van der Waals surface area contributed by atoms with Gasteiger partial charge in [-0.15, -0.1) is 0 Å². The molecule has 6 heteroatoms. The van der Waals surface area contributed by atoms with Crippen molar-refractivity contribution in [1.82, 2.24) is 5.32 Å². The van der Waals surface area contributed by atoms with Gasteiger partial charge in [-0.25, -0.2) is 4.79 Å². The standard InChI is InChI=1S/C8H12N2O3S/c1-4(9)6(8(12)13-3)7(14)10-5(2)11/h9H2,1-3H3,(H,10,11,14)/b6-4-.